The number of amides is 3. The number of ether oxygens (including phenoxy) is 2. The van der Waals surface area contributed by atoms with Crippen LogP contribution in [0.4, 0.5) is 4.79 Å². The van der Waals surface area contributed by atoms with E-state index in [1.54, 1.807) is 19.2 Å². The van der Waals surface area contributed by atoms with Crippen molar-refractivity contribution in [2.75, 3.05) is 33.3 Å². The van der Waals surface area contributed by atoms with Crippen LogP contribution in [0.15, 0.2) is 42.5 Å². The quantitative estimate of drug-likeness (QED) is 0.601. The molecule has 4 rings (SSSR count). The van der Waals surface area contributed by atoms with Crippen molar-refractivity contribution < 1.29 is 29.0 Å². The van der Waals surface area contributed by atoms with E-state index in [2.05, 4.69) is 10.6 Å². The first-order valence-electron chi connectivity index (χ1n) is 11.4. The normalized spacial score (nSPS) is 21.4. The Balaban J connectivity index is 1.53. The Morgan fingerprint density at radius 2 is 1.91 bits per heavy atom. The molecule has 2 aromatic carbocycles. The van der Waals surface area contributed by atoms with Gasteiger partial charge in [0.2, 0.25) is 0 Å². The molecule has 0 radical (unpaired) electrons. The Kier molecular flexibility index (Phi) is 7.02. The lowest BCUT2D eigenvalue weighted by Gasteiger charge is -2.31. The van der Waals surface area contributed by atoms with Crippen LogP contribution in [0.5, 0.6) is 5.75 Å². The van der Waals surface area contributed by atoms with Gasteiger partial charge >= 0.3 is 6.09 Å². The third-order valence-corrected chi connectivity index (χ3v) is 6.28. The lowest BCUT2D eigenvalue weighted by molar-refractivity contribution is -0.0247. The summed E-state index contributed by atoms with van der Waals surface area (Å²) in [4.78, 5) is 38.1. The summed E-state index contributed by atoms with van der Waals surface area (Å²) in [6.45, 7) is 3.23. The largest absolute Gasteiger partial charge is 0.489 e. The highest BCUT2D eigenvalue weighted by molar-refractivity contribution is 6.02. The number of carbonyl (C=O) groups is 3. The van der Waals surface area contributed by atoms with E-state index in [9.17, 15) is 14.4 Å². The average molecular weight is 468 g/mol. The van der Waals surface area contributed by atoms with Crippen LogP contribution in [0, 0.1) is 0 Å². The molecule has 2 aromatic rings. The summed E-state index contributed by atoms with van der Waals surface area (Å²) in [5.41, 5.74) is 2.54. The van der Waals surface area contributed by atoms with Gasteiger partial charge in [0.1, 0.15) is 11.9 Å². The van der Waals surface area contributed by atoms with E-state index < -0.39 is 6.09 Å². The van der Waals surface area contributed by atoms with Crippen molar-refractivity contribution in [3.05, 3.63) is 64.7 Å². The Labute approximate surface area is 198 Å². The molecule has 9 heteroatoms. The minimum Gasteiger partial charge on any atom is -0.489 e. The van der Waals surface area contributed by atoms with Gasteiger partial charge in [-0.3, -0.25) is 9.59 Å². The molecule has 0 spiro atoms. The van der Waals surface area contributed by atoms with Crippen molar-refractivity contribution in [2.24, 2.45) is 0 Å². The fraction of sp³-hybridized carbons (Fsp3) is 0.400. The van der Waals surface area contributed by atoms with E-state index in [4.69, 9.17) is 14.6 Å². The lowest BCUT2D eigenvalue weighted by Crippen LogP contribution is -2.46. The van der Waals surface area contributed by atoms with Crippen LogP contribution in [0.3, 0.4) is 0 Å². The summed E-state index contributed by atoms with van der Waals surface area (Å²) in [7, 11) is 1.54. The van der Waals surface area contributed by atoms with Crippen LogP contribution < -0.4 is 15.4 Å². The molecule has 0 bridgehead atoms. The molecule has 2 heterocycles. The smallest absolute Gasteiger partial charge is 0.407 e. The van der Waals surface area contributed by atoms with Gasteiger partial charge in [-0.15, -0.1) is 0 Å². The number of carboxylic acid groups (broad SMARTS) is 1. The Morgan fingerprint density at radius 3 is 2.62 bits per heavy atom. The van der Waals surface area contributed by atoms with E-state index in [1.165, 1.54) is 4.90 Å². The summed E-state index contributed by atoms with van der Waals surface area (Å²) < 4.78 is 11.7. The molecule has 0 saturated carbocycles. The molecular formula is C25H29N3O6. The maximum Gasteiger partial charge on any atom is 0.407 e. The zero-order valence-electron chi connectivity index (χ0n) is 19.2. The van der Waals surface area contributed by atoms with Crippen LogP contribution in [-0.2, 0) is 4.74 Å². The molecule has 3 amide bonds. The molecule has 0 aliphatic carbocycles. The van der Waals surface area contributed by atoms with Crippen molar-refractivity contribution in [1.82, 2.24) is 15.5 Å². The van der Waals surface area contributed by atoms with Gasteiger partial charge in [-0.05, 0) is 31.0 Å². The first-order chi connectivity index (χ1) is 16.4. The number of nitrogens with zero attached hydrogens (tertiary/aromatic N) is 1. The fourth-order valence-corrected chi connectivity index (χ4v) is 4.58. The number of morpholine rings is 1. The SMILES string of the molecule is CNC(=O)c1cc(C(=O)NCCC2CN(C(=O)O)CCO2)cc2c1OC(C)C2c1ccccc1. The van der Waals surface area contributed by atoms with Gasteiger partial charge in [0, 0.05) is 37.2 Å². The fourth-order valence-electron chi connectivity index (χ4n) is 4.58. The number of hydrogen-bond donors (Lipinski definition) is 3. The van der Waals surface area contributed by atoms with Crippen LogP contribution in [-0.4, -0.2) is 73.4 Å². The minimum absolute atomic E-state index is 0.106. The van der Waals surface area contributed by atoms with E-state index in [0.29, 0.717) is 43.0 Å². The maximum absolute atomic E-state index is 13.0. The lowest BCUT2D eigenvalue weighted by atomic mass is 9.87. The van der Waals surface area contributed by atoms with Crippen molar-refractivity contribution in [1.29, 1.82) is 0 Å². The van der Waals surface area contributed by atoms with Gasteiger partial charge in [0.25, 0.3) is 11.8 Å². The van der Waals surface area contributed by atoms with E-state index >= 15 is 0 Å². The molecule has 180 valence electrons. The molecule has 3 N–H and O–H groups in total. The molecule has 1 fully saturated rings. The Morgan fingerprint density at radius 1 is 1.15 bits per heavy atom. The average Bonchev–Trinajstić information content (AvgIpc) is 3.19. The Hall–Kier alpha value is -3.59. The molecule has 2 aliphatic heterocycles. The van der Waals surface area contributed by atoms with E-state index in [0.717, 1.165) is 11.1 Å². The van der Waals surface area contributed by atoms with Crippen LogP contribution >= 0.6 is 0 Å². The van der Waals surface area contributed by atoms with Crippen LogP contribution in [0.25, 0.3) is 0 Å². The van der Waals surface area contributed by atoms with Crippen LogP contribution in [0.1, 0.15) is 51.1 Å². The Bertz CT molecular complexity index is 1070. The molecular weight excluding hydrogens is 438 g/mol. The number of benzene rings is 2. The molecule has 3 unspecified atom stereocenters. The van der Waals surface area contributed by atoms with Gasteiger partial charge in [-0.1, -0.05) is 30.3 Å². The minimum atomic E-state index is -0.971. The van der Waals surface area contributed by atoms with Gasteiger partial charge in [0.05, 0.1) is 24.8 Å². The molecule has 0 aromatic heterocycles. The van der Waals surface area contributed by atoms with Crippen molar-refractivity contribution >= 4 is 17.9 Å². The highest BCUT2D eigenvalue weighted by atomic mass is 16.5. The van der Waals surface area contributed by atoms with E-state index in [1.807, 2.05) is 37.3 Å². The highest BCUT2D eigenvalue weighted by Gasteiger charge is 2.36. The monoisotopic (exact) mass is 467 g/mol. The number of rotatable bonds is 6. The molecule has 34 heavy (non-hydrogen) atoms. The summed E-state index contributed by atoms with van der Waals surface area (Å²) in [6.07, 6.45) is -0.958. The second-order valence-electron chi connectivity index (χ2n) is 8.50. The molecule has 2 aliphatic rings. The second-order valence-corrected chi connectivity index (χ2v) is 8.50. The number of hydrogen-bond acceptors (Lipinski definition) is 5. The van der Waals surface area contributed by atoms with Gasteiger partial charge in [-0.25, -0.2) is 4.79 Å². The van der Waals surface area contributed by atoms with Crippen molar-refractivity contribution in [3.63, 3.8) is 0 Å². The zero-order valence-corrected chi connectivity index (χ0v) is 19.2. The third-order valence-electron chi connectivity index (χ3n) is 6.28. The van der Waals surface area contributed by atoms with Crippen LogP contribution in [0.2, 0.25) is 0 Å². The molecule has 9 nitrogen and oxygen atoms in total. The van der Waals surface area contributed by atoms with E-state index in [-0.39, 0.29) is 36.5 Å². The van der Waals surface area contributed by atoms with Crippen molar-refractivity contribution in [3.8, 4) is 5.75 Å². The van der Waals surface area contributed by atoms with Crippen molar-refractivity contribution in [2.45, 2.75) is 31.5 Å². The highest BCUT2D eigenvalue weighted by Crippen LogP contribution is 2.44. The first-order valence-corrected chi connectivity index (χ1v) is 11.4. The first kappa shape index (κ1) is 23.6. The van der Waals surface area contributed by atoms with Gasteiger partial charge < -0.3 is 30.1 Å². The third kappa shape index (κ3) is 4.84. The number of nitrogens with one attached hydrogen (secondary N) is 2. The number of carbonyl (C=O) groups excluding carboxylic acids is 2. The van der Waals surface area contributed by atoms with Gasteiger partial charge in [0.15, 0.2) is 0 Å². The predicted molar refractivity (Wildman–Crippen MR) is 124 cm³/mol. The standard InChI is InChI=1S/C25H29N3O6/c1-15-21(16-6-4-3-5-7-16)19-12-17(13-20(22(19)34-15)24(30)26-2)23(29)27-9-8-18-14-28(25(31)32)10-11-33-18/h3-7,12-13,15,18,21H,8-11,14H2,1-2H3,(H,26,30)(H,27,29)(H,31,32). The summed E-state index contributed by atoms with van der Waals surface area (Å²) in [5.74, 6) is -0.243. The molecule has 3 atom stereocenters. The topological polar surface area (TPSA) is 117 Å². The summed E-state index contributed by atoms with van der Waals surface area (Å²) >= 11 is 0. The predicted octanol–water partition coefficient (Wildman–Crippen LogP) is 2.46. The van der Waals surface area contributed by atoms with Gasteiger partial charge in [-0.2, -0.15) is 0 Å². The number of fused-ring (bicyclic) bond motifs is 1. The second kappa shape index (κ2) is 10.1. The zero-order chi connectivity index (χ0) is 24.2. The summed E-state index contributed by atoms with van der Waals surface area (Å²) in [6, 6.07) is 13.2. The molecule has 1 saturated heterocycles. The maximum atomic E-state index is 13.0. The summed E-state index contributed by atoms with van der Waals surface area (Å²) in [5, 5.41) is 14.7.